The van der Waals surface area contributed by atoms with E-state index in [9.17, 15) is 4.79 Å². The number of Topliss-reactive ketones (excluding diaryl/α,β-unsaturated/α-hetero) is 1. The van der Waals surface area contributed by atoms with Crippen molar-refractivity contribution < 1.29 is 4.79 Å². The van der Waals surface area contributed by atoms with E-state index in [2.05, 4.69) is 43.4 Å². The first-order valence-electron chi connectivity index (χ1n) is 7.21. The monoisotopic (exact) mass is 248 g/mol. The van der Waals surface area contributed by atoms with Crippen LogP contribution in [0.25, 0.3) is 0 Å². The smallest absolute Gasteiger partial charge is 0.130 e. The third-order valence-electron chi connectivity index (χ3n) is 2.68. The molecule has 0 aliphatic carbocycles. The summed E-state index contributed by atoms with van der Waals surface area (Å²) in [6.07, 6.45) is 21.8. The summed E-state index contributed by atoms with van der Waals surface area (Å²) in [6.45, 7) is 3.87. The second-order valence-electron chi connectivity index (χ2n) is 4.62. The van der Waals surface area contributed by atoms with E-state index in [0.717, 1.165) is 19.3 Å². The standard InChI is InChI=1S/C17H28O/c1-3-4-5-6-7-8-9-10-11-12-13-14-15-16-17(2)18/h7-8,10-11,13-14H,3-6,9,12,15-16H2,1-2H3/b8-7+,11-10+,14-13+. The minimum atomic E-state index is 0.267. The molecule has 102 valence electrons. The summed E-state index contributed by atoms with van der Waals surface area (Å²) in [7, 11) is 0. The number of carbonyl (C=O) groups is 1. The van der Waals surface area contributed by atoms with Gasteiger partial charge in [0, 0.05) is 6.42 Å². The minimum Gasteiger partial charge on any atom is -0.300 e. The van der Waals surface area contributed by atoms with Gasteiger partial charge in [-0.05, 0) is 39.0 Å². The van der Waals surface area contributed by atoms with Gasteiger partial charge < -0.3 is 4.79 Å². The normalized spacial score (nSPS) is 12.1. The fourth-order valence-corrected chi connectivity index (χ4v) is 1.58. The Morgan fingerprint density at radius 2 is 1.39 bits per heavy atom. The molecule has 0 radical (unpaired) electrons. The van der Waals surface area contributed by atoms with Crippen LogP contribution in [0.4, 0.5) is 0 Å². The third kappa shape index (κ3) is 14.9. The summed E-state index contributed by atoms with van der Waals surface area (Å²) in [5, 5.41) is 0. The van der Waals surface area contributed by atoms with Crippen LogP contribution in [0.5, 0.6) is 0 Å². The lowest BCUT2D eigenvalue weighted by molar-refractivity contribution is -0.116. The topological polar surface area (TPSA) is 17.1 Å². The molecule has 0 spiro atoms. The van der Waals surface area contributed by atoms with Crippen molar-refractivity contribution >= 4 is 5.78 Å². The van der Waals surface area contributed by atoms with Crippen LogP contribution < -0.4 is 0 Å². The van der Waals surface area contributed by atoms with Gasteiger partial charge >= 0.3 is 0 Å². The van der Waals surface area contributed by atoms with Crippen molar-refractivity contribution in [3.63, 3.8) is 0 Å². The summed E-state index contributed by atoms with van der Waals surface area (Å²) < 4.78 is 0. The van der Waals surface area contributed by atoms with E-state index in [1.807, 2.05) is 0 Å². The fraction of sp³-hybridized carbons (Fsp3) is 0.588. The molecule has 0 saturated heterocycles. The Hall–Kier alpha value is -1.11. The SMILES string of the molecule is CCCCC/C=C/C/C=C/C/C=C/CCC(C)=O. The second-order valence-corrected chi connectivity index (χ2v) is 4.62. The van der Waals surface area contributed by atoms with E-state index < -0.39 is 0 Å². The van der Waals surface area contributed by atoms with Crippen molar-refractivity contribution in [2.24, 2.45) is 0 Å². The van der Waals surface area contributed by atoms with Crippen LogP contribution in [0, 0.1) is 0 Å². The van der Waals surface area contributed by atoms with E-state index in [0.29, 0.717) is 6.42 Å². The van der Waals surface area contributed by atoms with Crippen molar-refractivity contribution in [3.8, 4) is 0 Å². The molecule has 0 N–H and O–H groups in total. The van der Waals surface area contributed by atoms with Crippen LogP contribution in [-0.4, -0.2) is 5.78 Å². The lowest BCUT2D eigenvalue weighted by atomic mass is 10.2. The fourth-order valence-electron chi connectivity index (χ4n) is 1.58. The molecule has 18 heavy (non-hydrogen) atoms. The van der Waals surface area contributed by atoms with E-state index >= 15 is 0 Å². The van der Waals surface area contributed by atoms with Gasteiger partial charge in [-0.2, -0.15) is 0 Å². The largest absolute Gasteiger partial charge is 0.300 e. The quantitative estimate of drug-likeness (QED) is 0.354. The number of hydrogen-bond donors (Lipinski definition) is 0. The summed E-state index contributed by atoms with van der Waals surface area (Å²) in [5.41, 5.74) is 0. The Labute approximate surface area is 113 Å². The van der Waals surface area contributed by atoms with Gasteiger partial charge in [0.2, 0.25) is 0 Å². The molecule has 0 unspecified atom stereocenters. The number of hydrogen-bond acceptors (Lipinski definition) is 1. The zero-order chi connectivity index (χ0) is 13.5. The summed E-state index contributed by atoms with van der Waals surface area (Å²) in [4.78, 5) is 10.7. The van der Waals surface area contributed by atoms with Crippen LogP contribution in [-0.2, 0) is 4.79 Å². The number of ketones is 1. The summed E-state index contributed by atoms with van der Waals surface area (Å²) >= 11 is 0. The van der Waals surface area contributed by atoms with Crippen LogP contribution in [0.2, 0.25) is 0 Å². The maximum absolute atomic E-state index is 10.7. The summed E-state index contributed by atoms with van der Waals surface area (Å²) in [5.74, 6) is 0.267. The second kappa shape index (κ2) is 14.0. The molecule has 0 aromatic rings. The molecule has 0 fully saturated rings. The van der Waals surface area contributed by atoms with Crippen LogP contribution in [0.3, 0.4) is 0 Å². The Morgan fingerprint density at radius 1 is 0.833 bits per heavy atom. The molecular formula is C17H28O. The van der Waals surface area contributed by atoms with Gasteiger partial charge in [-0.1, -0.05) is 56.2 Å². The molecule has 0 amide bonds. The van der Waals surface area contributed by atoms with Crippen molar-refractivity contribution in [2.45, 2.75) is 65.2 Å². The first-order valence-corrected chi connectivity index (χ1v) is 7.21. The Kier molecular flexibility index (Phi) is 13.1. The highest BCUT2D eigenvalue weighted by Crippen LogP contribution is 2.01. The average Bonchev–Trinajstić information content (AvgIpc) is 2.34. The van der Waals surface area contributed by atoms with Crippen molar-refractivity contribution in [1.29, 1.82) is 0 Å². The number of rotatable bonds is 11. The zero-order valence-electron chi connectivity index (χ0n) is 12.0. The maximum atomic E-state index is 10.7. The van der Waals surface area contributed by atoms with E-state index in [-0.39, 0.29) is 5.78 Å². The summed E-state index contributed by atoms with van der Waals surface area (Å²) in [6, 6.07) is 0. The van der Waals surface area contributed by atoms with Crippen molar-refractivity contribution in [2.75, 3.05) is 0 Å². The molecule has 0 aromatic carbocycles. The average molecular weight is 248 g/mol. The molecule has 0 aromatic heterocycles. The molecule has 1 nitrogen and oxygen atoms in total. The Morgan fingerprint density at radius 3 is 1.94 bits per heavy atom. The highest BCUT2D eigenvalue weighted by molar-refractivity contribution is 5.75. The first-order chi connectivity index (χ1) is 8.77. The molecular weight excluding hydrogens is 220 g/mol. The molecule has 0 bridgehead atoms. The Bertz CT molecular complexity index is 271. The van der Waals surface area contributed by atoms with E-state index in [4.69, 9.17) is 0 Å². The molecule has 0 aliphatic heterocycles. The van der Waals surface area contributed by atoms with Gasteiger partial charge in [-0.25, -0.2) is 0 Å². The van der Waals surface area contributed by atoms with Crippen LogP contribution in [0.15, 0.2) is 36.5 Å². The number of allylic oxidation sites excluding steroid dienone is 6. The van der Waals surface area contributed by atoms with Gasteiger partial charge in [0.1, 0.15) is 5.78 Å². The predicted molar refractivity (Wildman–Crippen MR) is 80.7 cm³/mol. The van der Waals surface area contributed by atoms with Gasteiger partial charge in [-0.3, -0.25) is 0 Å². The minimum absolute atomic E-state index is 0.267. The number of carbonyl (C=O) groups excluding carboxylic acids is 1. The highest BCUT2D eigenvalue weighted by Gasteiger charge is 1.87. The van der Waals surface area contributed by atoms with Crippen LogP contribution >= 0.6 is 0 Å². The molecule has 0 atom stereocenters. The van der Waals surface area contributed by atoms with Gasteiger partial charge in [0.05, 0.1) is 0 Å². The van der Waals surface area contributed by atoms with Gasteiger partial charge in [0.15, 0.2) is 0 Å². The zero-order valence-corrected chi connectivity index (χ0v) is 12.0. The molecule has 0 heterocycles. The lowest BCUT2D eigenvalue weighted by Gasteiger charge is -1.90. The van der Waals surface area contributed by atoms with E-state index in [1.165, 1.54) is 25.7 Å². The lowest BCUT2D eigenvalue weighted by Crippen LogP contribution is -1.85. The molecule has 1 heteroatoms. The maximum Gasteiger partial charge on any atom is 0.130 e. The van der Waals surface area contributed by atoms with Crippen LogP contribution in [0.1, 0.15) is 65.2 Å². The van der Waals surface area contributed by atoms with Crippen molar-refractivity contribution in [3.05, 3.63) is 36.5 Å². The van der Waals surface area contributed by atoms with E-state index in [1.54, 1.807) is 6.92 Å². The molecule has 0 saturated carbocycles. The van der Waals surface area contributed by atoms with Gasteiger partial charge in [-0.15, -0.1) is 0 Å². The molecule has 0 rings (SSSR count). The van der Waals surface area contributed by atoms with Crippen molar-refractivity contribution in [1.82, 2.24) is 0 Å². The Balaban J connectivity index is 3.34. The highest BCUT2D eigenvalue weighted by atomic mass is 16.1. The third-order valence-corrected chi connectivity index (χ3v) is 2.68. The predicted octanol–water partition coefficient (Wildman–Crippen LogP) is 5.38. The van der Waals surface area contributed by atoms with Gasteiger partial charge in [0.25, 0.3) is 0 Å². The number of unbranched alkanes of at least 4 members (excludes halogenated alkanes) is 3. The first kappa shape index (κ1) is 16.9. The molecule has 0 aliphatic rings.